The van der Waals surface area contributed by atoms with Gasteiger partial charge in [-0.1, -0.05) is 17.7 Å². The Morgan fingerprint density at radius 2 is 1.50 bits per heavy atom. The van der Waals surface area contributed by atoms with Gasteiger partial charge in [-0.2, -0.15) is 0 Å². The third kappa shape index (κ3) is 6.89. The Balaban J connectivity index is 0. The molecule has 12 heavy (non-hydrogen) atoms. The summed E-state index contributed by atoms with van der Waals surface area (Å²) in [6, 6.07) is 6.40. The second-order valence-electron chi connectivity index (χ2n) is 1.80. The van der Waals surface area contributed by atoms with Crippen molar-refractivity contribution in [3.63, 3.8) is 0 Å². The van der Waals surface area contributed by atoms with E-state index in [9.17, 15) is 4.39 Å². The lowest BCUT2D eigenvalue weighted by Gasteiger charge is -1.87. The van der Waals surface area contributed by atoms with Gasteiger partial charge >= 0.3 is 0 Å². The molecule has 0 aliphatic rings. The lowest BCUT2D eigenvalue weighted by Crippen LogP contribution is -1.71. The molecule has 0 unspecified atom stereocenters. The predicted octanol–water partition coefficient (Wildman–Crippen LogP) is 1.56. The van der Waals surface area contributed by atoms with Crippen LogP contribution in [0, 0.1) is 12.7 Å². The van der Waals surface area contributed by atoms with Crippen LogP contribution in [0.15, 0.2) is 24.3 Å². The van der Waals surface area contributed by atoms with E-state index < -0.39 is 0 Å². The molecule has 0 atom stereocenters. The smallest absolute Gasteiger partial charge is 0.123 e. The maximum atomic E-state index is 12.1. The number of carbonyl (C=O) groups is 1. The van der Waals surface area contributed by atoms with Crippen molar-refractivity contribution in [2.75, 3.05) is 7.11 Å². The summed E-state index contributed by atoms with van der Waals surface area (Å²) in [7, 11) is 1.00. The van der Waals surface area contributed by atoms with Gasteiger partial charge in [0.15, 0.2) is 0 Å². The van der Waals surface area contributed by atoms with Crippen molar-refractivity contribution < 1.29 is 14.3 Å². The molecule has 0 saturated heterocycles. The van der Waals surface area contributed by atoms with Gasteiger partial charge in [0.25, 0.3) is 0 Å². The summed E-state index contributed by atoms with van der Waals surface area (Å²) in [5.74, 6) is -0.171. The van der Waals surface area contributed by atoms with Crippen molar-refractivity contribution in [3.8, 4) is 0 Å². The SMILES string of the molecule is C=O.CO.Cc1ccc(F)cc1. The van der Waals surface area contributed by atoms with Crippen LogP contribution in [-0.4, -0.2) is 19.0 Å². The van der Waals surface area contributed by atoms with E-state index >= 15 is 0 Å². The Kier molecular flexibility index (Phi) is 10.9. The fourth-order valence-electron chi connectivity index (χ4n) is 0.533. The summed E-state index contributed by atoms with van der Waals surface area (Å²) in [4.78, 5) is 8.00. The molecule has 0 amide bonds. The molecule has 0 saturated carbocycles. The minimum atomic E-state index is -0.171. The lowest BCUT2D eigenvalue weighted by molar-refractivity contribution is -0.0979. The van der Waals surface area contributed by atoms with Crippen LogP contribution in [0.5, 0.6) is 0 Å². The lowest BCUT2D eigenvalue weighted by atomic mass is 10.2. The highest BCUT2D eigenvalue weighted by atomic mass is 19.1. The zero-order valence-corrected chi connectivity index (χ0v) is 7.25. The normalized spacial score (nSPS) is 7.00. The first-order valence-corrected chi connectivity index (χ1v) is 3.25. The Morgan fingerprint density at radius 3 is 1.75 bits per heavy atom. The van der Waals surface area contributed by atoms with E-state index in [0.29, 0.717) is 0 Å². The highest BCUT2D eigenvalue weighted by Gasteiger charge is 1.83. The number of rotatable bonds is 0. The van der Waals surface area contributed by atoms with E-state index in [-0.39, 0.29) is 5.82 Å². The van der Waals surface area contributed by atoms with E-state index in [2.05, 4.69) is 0 Å². The number of hydrogen-bond donors (Lipinski definition) is 1. The maximum Gasteiger partial charge on any atom is 0.123 e. The number of aliphatic hydroxyl groups excluding tert-OH is 1. The first-order valence-electron chi connectivity index (χ1n) is 3.25. The zero-order chi connectivity index (χ0) is 9.98. The van der Waals surface area contributed by atoms with E-state index in [4.69, 9.17) is 9.90 Å². The van der Waals surface area contributed by atoms with Gasteiger partial charge in [-0.3, -0.25) is 0 Å². The standard InChI is InChI=1S/C7H7F.CH4O.CH2O/c1-6-2-4-7(8)5-3-6;2*1-2/h2-5H,1H3;2H,1H3;1H2. The molecule has 0 spiro atoms. The summed E-state index contributed by atoms with van der Waals surface area (Å²) in [5.41, 5.74) is 1.09. The molecule has 1 aromatic carbocycles. The molecule has 3 heteroatoms. The predicted molar refractivity (Wildman–Crippen MR) is 46.4 cm³/mol. The van der Waals surface area contributed by atoms with Crippen molar-refractivity contribution in [2.24, 2.45) is 0 Å². The Bertz CT molecular complexity index is 163. The molecule has 0 radical (unpaired) electrons. The Labute approximate surface area is 71.7 Å². The molecule has 68 valence electrons. The van der Waals surface area contributed by atoms with Crippen LogP contribution in [0.2, 0.25) is 0 Å². The quantitative estimate of drug-likeness (QED) is 0.644. The molecule has 0 heterocycles. The molecular weight excluding hydrogens is 159 g/mol. The maximum absolute atomic E-state index is 12.1. The fraction of sp³-hybridized carbons (Fsp3) is 0.222. The highest BCUT2D eigenvalue weighted by Crippen LogP contribution is 1.98. The van der Waals surface area contributed by atoms with Crippen LogP contribution in [0.25, 0.3) is 0 Å². The van der Waals surface area contributed by atoms with Gasteiger partial charge in [0, 0.05) is 7.11 Å². The second-order valence-corrected chi connectivity index (χ2v) is 1.80. The minimum Gasteiger partial charge on any atom is -0.400 e. The van der Waals surface area contributed by atoms with Gasteiger partial charge in [0.2, 0.25) is 0 Å². The van der Waals surface area contributed by atoms with Gasteiger partial charge < -0.3 is 9.90 Å². The van der Waals surface area contributed by atoms with Crippen LogP contribution < -0.4 is 0 Å². The van der Waals surface area contributed by atoms with Crippen LogP contribution in [0.4, 0.5) is 4.39 Å². The molecule has 0 aliphatic carbocycles. The van der Waals surface area contributed by atoms with Crippen LogP contribution in [0.3, 0.4) is 0 Å². The number of halogens is 1. The molecule has 0 aromatic heterocycles. The summed E-state index contributed by atoms with van der Waals surface area (Å²) in [6.45, 7) is 3.93. The van der Waals surface area contributed by atoms with Gasteiger partial charge in [-0.15, -0.1) is 0 Å². The summed E-state index contributed by atoms with van der Waals surface area (Å²) in [5, 5.41) is 7.00. The first kappa shape index (κ1) is 13.4. The molecule has 0 bridgehead atoms. The fourth-order valence-corrected chi connectivity index (χ4v) is 0.533. The Hall–Kier alpha value is -1.22. The largest absolute Gasteiger partial charge is 0.400 e. The number of aryl methyl sites for hydroxylation is 1. The Morgan fingerprint density at radius 1 is 1.17 bits per heavy atom. The summed E-state index contributed by atoms with van der Waals surface area (Å²) < 4.78 is 12.1. The highest BCUT2D eigenvalue weighted by molar-refractivity contribution is 5.13. The van der Waals surface area contributed by atoms with E-state index in [1.807, 2.05) is 13.7 Å². The molecule has 1 rings (SSSR count). The van der Waals surface area contributed by atoms with E-state index in [0.717, 1.165) is 12.7 Å². The molecular formula is C9H13FO2. The van der Waals surface area contributed by atoms with Crippen molar-refractivity contribution in [3.05, 3.63) is 35.6 Å². The minimum absolute atomic E-state index is 0.171. The molecule has 2 nitrogen and oxygen atoms in total. The molecule has 1 N–H and O–H groups in total. The average Bonchev–Trinajstić information content (AvgIpc) is 2.17. The first-order chi connectivity index (χ1) is 5.79. The van der Waals surface area contributed by atoms with E-state index in [1.165, 1.54) is 12.1 Å². The number of aliphatic hydroxyl groups is 1. The summed E-state index contributed by atoms with van der Waals surface area (Å²) >= 11 is 0. The number of hydrogen-bond acceptors (Lipinski definition) is 2. The van der Waals surface area contributed by atoms with Crippen molar-refractivity contribution in [1.29, 1.82) is 0 Å². The van der Waals surface area contributed by atoms with Crippen LogP contribution in [0.1, 0.15) is 5.56 Å². The third-order valence-corrected chi connectivity index (χ3v) is 1.01. The van der Waals surface area contributed by atoms with Gasteiger partial charge in [0.05, 0.1) is 0 Å². The zero-order valence-electron chi connectivity index (χ0n) is 7.25. The second kappa shape index (κ2) is 9.78. The van der Waals surface area contributed by atoms with Crippen LogP contribution in [-0.2, 0) is 4.79 Å². The van der Waals surface area contributed by atoms with Crippen molar-refractivity contribution >= 4 is 6.79 Å². The van der Waals surface area contributed by atoms with E-state index in [1.54, 1.807) is 12.1 Å². The van der Waals surface area contributed by atoms with Gasteiger partial charge in [0.1, 0.15) is 12.6 Å². The molecule has 1 aromatic rings. The number of carbonyl (C=O) groups excluding carboxylic acids is 1. The topological polar surface area (TPSA) is 37.3 Å². The van der Waals surface area contributed by atoms with Gasteiger partial charge in [-0.05, 0) is 19.1 Å². The third-order valence-electron chi connectivity index (χ3n) is 1.01. The molecule has 0 aliphatic heterocycles. The number of benzene rings is 1. The summed E-state index contributed by atoms with van der Waals surface area (Å²) in [6.07, 6.45) is 0. The molecule has 0 fully saturated rings. The average molecular weight is 172 g/mol. The van der Waals surface area contributed by atoms with Crippen LogP contribution >= 0.6 is 0 Å². The monoisotopic (exact) mass is 172 g/mol. The van der Waals surface area contributed by atoms with Gasteiger partial charge in [-0.25, -0.2) is 4.39 Å². The van der Waals surface area contributed by atoms with Crippen molar-refractivity contribution in [2.45, 2.75) is 6.92 Å². The van der Waals surface area contributed by atoms with Crippen molar-refractivity contribution in [1.82, 2.24) is 0 Å².